The zero-order valence-corrected chi connectivity index (χ0v) is 20.2. The highest BCUT2D eigenvalue weighted by Crippen LogP contribution is 2.36. The Bertz CT molecular complexity index is 1210. The number of aliphatic hydroxyl groups excluding tert-OH is 2. The van der Waals surface area contributed by atoms with E-state index in [-0.39, 0.29) is 12.6 Å². The van der Waals surface area contributed by atoms with E-state index in [9.17, 15) is 15.0 Å². The molecule has 0 bridgehead atoms. The summed E-state index contributed by atoms with van der Waals surface area (Å²) < 4.78 is 10.5. The molecule has 1 aliphatic heterocycles. The fraction of sp³-hybridized carbons (Fsp3) is 0.346. The smallest absolute Gasteiger partial charge is 0.330 e. The number of anilines is 4. The van der Waals surface area contributed by atoms with Gasteiger partial charge in [-0.1, -0.05) is 0 Å². The molecule has 188 valence electrons. The van der Waals surface area contributed by atoms with Gasteiger partial charge in [0.05, 0.1) is 33.0 Å². The number of ether oxygens (including phenoxy) is 2. The first kappa shape index (κ1) is 23.8. The number of fused-ring (bicyclic) bond motifs is 1. The van der Waals surface area contributed by atoms with E-state index >= 15 is 0 Å². The molecule has 1 aliphatic carbocycles. The average Bonchev–Trinajstić information content (AvgIpc) is 2.88. The number of carbonyl (C=O) groups excluding carboxylic acids is 1. The molecule has 2 aromatic carbocycles. The summed E-state index contributed by atoms with van der Waals surface area (Å²) in [5.74, 6) is 2.24. The van der Waals surface area contributed by atoms with E-state index in [4.69, 9.17) is 14.5 Å². The van der Waals surface area contributed by atoms with Crippen LogP contribution in [-0.4, -0.2) is 58.7 Å². The van der Waals surface area contributed by atoms with E-state index in [1.807, 2.05) is 36.4 Å². The van der Waals surface area contributed by atoms with Crippen LogP contribution < -0.4 is 24.6 Å². The third kappa shape index (κ3) is 4.77. The van der Waals surface area contributed by atoms with Crippen molar-refractivity contribution >= 4 is 29.2 Å². The van der Waals surface area contributed by atoms with Gasteiger partial charge in [0.15, 0.2) is 0 Å². The molecule has 2 amide bonds. The fourth-order valence-electron chi connectivity index (χ4n) is 4.77. The molecule has 2 aliphatic rings. The molecule has 10 heteroatoms. The summed E-state index contributed by atoms with van der Waals surface area (Å²) in [5, 5.41) is 23.9. The maximum atomic E-state index is 13.9. The molecule has 1 fully saturated rings. The topological polar surface area (TPSA) is 120 Å². The molecular weight excluding hydrogens is 462 g/mol. The number of aromatic nitrogens is 2. The number of carbonyl (C=O) groups is 1. The number of aliphatic hydroxyl groups is 2. The van der Waals surface area contributed by atoms with Crippen molar-refractivity contribution in [1.29, 1.82) is 0 Å². The monoisotopic (exact) mass is 491 g/mol. The molecule has 10 nitrogen and oxygen atoms in total. The van der Waals surface area contributed by atoms with Crippen LogP contribution in [0, 0.1) is 0 Å². The van der Waals surface area contributed by atoms with Gasteiger partial charge in [-0.05, 0) is 67.8 Å². The Balaban J connectivity index is 1.50. The highest BCUT2D eigenvalue weighted by atomic mass is 16.5. The SMILES string of the molecule is COc1ccc(Nc2ncc3c(n2)N(C2CC(O)CC(O)C2)C(=O)N(c2ccc(OC)cc2)C3)cc1. The van der Waals surface area contributed by atoms with Crippen molar-refractivity contribution in [2.45, 2.75) is 44.1 Å². The lowest BCUT2D eigenvalue weighted by Crippen LogP contribution is -2.55. The zero-order chi connectivity index (χ0) is 25.2. The number of urea groups is 1. The van der Waals surface area contributed by atoms with Crippen molar-refractivity contribution < 1.29 is 24.5 Å². The van der Waals surface area contributed by atoms with Crippen LogP contribution in [0.1, 0.15) is 24.8 Å². The van der Waals surface area contributed by atoms with Gasteiger partial charge >= 0.3 is 6.03 Å². The molecule has 3 aromatic rings. The van der Waals surface area contributed by atoms with Gasteiger partial charge in [0.25, 0.3) is 0 Å². The van der Waals surface area contributed by atoms with Crippen molar-refractivity contribution in [2.24, 2.45) is 0 Å². The molecule has 2 unspecified atom stereocenters. The molecule has 0 radical (unpaired) electrons. The van der Waals surface area contributed by atoms with Gasteiger partial charge in [0.1, 0.15) is 17.3 Å². The van der Waals surface area contributed by atoms with Crippen LogP contribution in [0.3, 0.4) is 0 Å². The van der Waals surface area contributed by atoms with Crippen molar-refractivity contribution in [1.82, 2.24) is 9.97 Å². The standard InChI is InChI=1S/C26H29N5O5/c1-35-22-7-3-17(4-8-22)28-25-27-14-16-15-30(18-5-9-23(36-2)10-6-18)26(34)31(24(16)29-25)19-11-20(32)13-21(33)12-19/h3-10,14,19-21,32-33H,11-13,15H2,1-2H3,(H,27,28,29). The fourth-order valence-corrected chi connectivity index (χ4v) is 4.77. The van der Waals surface area contributed by atoms with E-state index in [0.29, 0.717) is 42.5 Å². The number of nitrogens with one attached hydrogen (secondary N) is 1. The minimum absolute atomic E-state index is 0.270. The Morgan fingerprint density at radius 1 is 0.917 bits per heavy atom. The molecule has 3 N–H and O–H groups in total. The van der Waals surface area contributed by atoms with Crippen LogP contribution in [0.15, 0.2) is 54.7 Å². The normalized spacial score (nSPS) is 21.7. The summed E-state index contributed by atoms with van der Waals surface area (Å²) in [7, 11) is 3.20. The van der Waals surface area contributed by atoms with Gasteiger partial charge in [0.2, 0.25) is 5.95 Å². The van der Waals surface area contributed by atoms with E-state index in [1.54, 1.807) is 42.3 Å². The van der Waals surface area contributed by atoms with Crippen LogP contribution in [0.2, 0.25) is 0 Å². The first-order valence-electron chi connectivity index (χ1n) is 11.8. The highest BCUT2D eigenvalue weighted by molar-refractivity contribution is 6.06. The third-order valence-electron chi connectivity index (χ3n) is 6.56. The Kier molecular flexibility index (Phi) is 6.62. The number of nitrogens with zero attached hydrogens (tertiary/aromatic N) is 4. The minimum Gasteiger partial charge on any atom is -0.497 e. The van der Waals surface area contributed by atoms with Crippen LogP contribution in [0.25, 0.3) is 0 Å². The van der Waals surface area contributed by atoms with E-state index in [2.05, 4.69) is 10.3 Å². The number of rotatable bonds is 6. The van der Waals surface area contributed by atoms with Crippen LogP contribution >= 0.6 is 0 Å². The summed E-state index contributed by atoms with van der Waals surface area (Å²) in [4.78, 5) is 26.3. The van der Waals surface area contributed by atoms with E-state index in [1.165, 1.54) is 0 Å². The third-order valence-corrected chi connectivity index (χ3v) is 6.56. The van der Waals surface area contributed by atoms with Gasteiger partial charge in [-0.2, -0.15) is 4.98 Å². The quantitative estimate of drug-likeness (QED) is 0.480. The molecule has 1 saturated carbocycles. The summed E-state index contributed by atoms with van der Waals surface area (Å²) >= 11 is 0. The van der Waals surface area contributed by atoms with Gasteiger partial charge < -0.3 is 25.0 Å². The van der Waals surface area contributed by atoms with Crippen molar-refractivity contribution in [3.05, 3.63) is 60.3 Å². The maximum Gasteiger partial charge on any atom is 0.330 e. The van der Waals surface area contributed by atoms with Crippen LogP contribution in [0.5, 0.6) is 11.5 Å². The number of methoxy groups -OCH3 is 2. The minimum atomic E-state index is -0.704. The van der Waals surface area contributed by atoms with Crippen molar-refractivity contribution in [3.63, 3.8) is 0 Å². The Morgan fingerprint density at radius 3 is 2.14 bits per heavy atom. The first-order chi connectivity index (χ1) is 17.4. The lowest BCUT2D eigenvalue weighted by molar-refractivity contribution is 0.0314. The number of benzene rings is 2. The Morgan fingerprint density at radius 2 is 1.53 bits per heavy atom. The molecule has 5 rings (SSSR count). The predicted octanol–water partition coefficient (Wildman–Crippen LogP) is 3.46. The Hall–Kier alpha value is -3.89. The second kappa shape index (κ2) is 10.00. The molecule has 2 atom stereocenters. The molecule has 2 heterocycles. The molecular formula is C26H29N5O5. The Labute approximate surface area is 209 Å². The number of amides is 2. The van der Waals surface area contributed by atoms with Gasteiger partial charge in [-0.25, -0.2) is 9.78 Å². The van der Waals surface area contributed by atoms with E-state index in [0.717, 1.165) is 17.0 Å². The van der Waals surface area contributed by atoms with Gasteiger partial charge in [-0.15, -0.1) is 0 Å². The largest absolute Gasteiger partial charge is 0.497 e. The second-order valence-electron chi connectivity index (χ2n) is 9.00. The van der Waals surface area contributed by atoms with Gasteiger partial charge in [0, 0.05) is 29.2 Å². The second-order valence-corrected chi connectivity index (χ2v) is 9.00. The highest BCUT2D eigenvalue weighted by Gasteiger charge is 2.41. The van der Waals surface area contributed by atoms with Crippen molar-refractivity contribution in [3.8, 4) is 11.5 Å². The summed E-state index contributed by atoms with van der Waals surface area (Å²) in [5.41, 5.74) is 2.24. The van der Waals surface area contributed by atoms with Crippen molar-refractivity contribution in [2.75, 3.05) is 29.3 Å². The molecule has 1 aromatic heterocycles. The first-order valence-corrected chi connectivity index (χ1v) is 11.8. The maximum absolute atomic E-state index is 13.9. The van der Waals surface area contributed by atoms with E-state index < -0.39 is 18.2 Å². The molecule has 0 saturated heterocycles. The zero-order valence-electron chi connectivity index (χ0n) is 20.2. The number of hydrogen-bond donors (Lipinski definition) is 3. The van der Waals surface area contributed by atoms with Crippen LogP contribution in [-0.2, 0) is 6.54 Å². The van der Waals surface area contributed by atoms with Gasteiger partial charge in [-0.3, -0.25) is 9.80 Å². The molecule has 36 heavy (non-hydrogen) atoms. The summed E-state index contributed by atoms with van der Waals surface area (Å²) in [6.07, 6.45) is 1.30. The number of hydrogen-bond acceptors (Lipinski definition) is 8. The summed E-state index contributed by atoms with van der Waals surface area (Å²) in [6.45, 7) is 0.289. The summed E-state index contributed by atoms with van der Waals surface area (Å²) in [6, 6.07) is 13.9. The van der Waals surface area contributed by atoms with Crippen LogP contribution in [0.4, 0.5) is 27.9 Å². The lowest BCUT2D eigenvalue weighted by atomic mass is 9.89. The lowest BCUT2D eigenvalue weighted by Gasteiger charge is -2.43. The molecule has 0 spiro atoms. The predicted molar refractivity (Wildman–Crippen MR) is 135 cm³/mol. The average molecular weight is 492 g/mol.